The average molecular weight is 228 g/mol. The van der Waals surface area contributed by atoms with Crippen molar-refractivity contribution >= 4 is 0 Å². The normalized spacial score (nSPS) is 26.6. The van der Waals surface area contributed by atoms with Crippen LogP contribution in [0.4, 0.5) is 0 Å². The third kappa shape index (κ3) is 7.30. The van der Waals surface area contributed by atoms with Gasteiger partial charge < -0.3 is 0 Å². The summed E-state index contributed by atoms with van der Waals surface area (Å²) in [5, 5.41) is 0. The van der Waals surface area contributed by atoms with Crippen LogP contribution in [0.1, 0.15) is 92.9 Å². The van der Waals surface area contributed by atoms with Crippen LogP contribution in [-0.2, 0) is 0 Å². The average Bonchev–Trinajstić information content (AvgIpc) is 2.45. The summed E-state index contributed by atoms with van der Waals surface area (Å²) in [5.74, 6) is 2.31. The summed E-state index contributed by atoms with van der Waals surface area (Å²) < 4.78 is 0. The van der Waals surface area contributed by atoms with Gasteiger partial charge in [-0.05, 0) is 11.8 Å². The molecule has 100 valence electrons. The summed E-state index contributed by atoms with van der Waals surface area (Å²) in [6.07, 6.45) is 12.4. The van der Waals surface area contributed by atoms with Gasteiger partial charge >= 0.3 is 0 Å². The third-order valence-electron chi connectivity index (χ3n) is 3.47. The molecule has 0 bridgehead atoms. The molecule has 0 heteroatoms. The van der Waals surface area contributed by atoms with Crippen LogP contribution >= 0.6 is 0 Å². The molecule has 0 unspecified atom stereocenters. The molecule has 2 saturated carbocycles. The first-order chi connectivity index (χ1) is 7.97. The van der Waals surface area contributed by atoms with Gasteiger partial charge in [0.05, 0.1) is 0 Å². The number of hydrogen-bond donors (Lipinski definition) is 0. The van der Waals surface area contributed by atoms with Gasteiger partial charge in [-0.3, -0.25) is 0 Å². The van der Waals surface area contributed by atoms with Crippen LogP contribution in [0.2, 0.25) is 0 Å². The maximum absolute atomic E-state index is 2.00. The minimum atomic E-state index is 1.16. The van der Waals surface area contributed by atoms with Crippen molar-refractivity contribution in [2.75, 3.05) is 0 Å². The quantitative estimate of drug-likeness (QED) is 0.447. The number of hydrogen-bond acceptors (Lipinski definition) is 0. The van der Waals surface area contributed by atoms with E-state index in [-0.39, 0.29) is 0 Å². The molecule has 0 atom stereocenters. The fourth-order valence-corrected chi connectivity index (χ4v) is 2.86. The molecule has 0 N–H and O–H groups in total. The molecule has 0 aromatic heterocycles. The van der Waals surface area contributed by atoms with E-state index in [1.807, 2.05) is 41.5 Å². The van der Waals surface area contributed by atoms with Crippen molar-refractivity contribution in [3.8, 4) is 0 Å². The zero-order chi connectivity index (χ0) is 12.8. The first-order valence-corrected chi connectivity index (χ1v) is 7.97. The molecule has 0 amide bonds. The zero-order valence-electron chi connectivity index (χ0n) is 12.8. The third-order valence-corrected chi connectivity index (χ3v) is 3.47. The van der Waals surface area contributed by atoms with Gasteiger partial charge in [0.25, 0.3) is 0 Å². The Morgan fingerprint density at radius 2 is 0.625 bits per heavy atom. The van der Waals surface area contributed by atoms with Crippen molar-refractivity contribution in [3.05, 3.63) is 0 Å². The van der Waals surface area contributed by atoms with Gasteiger partial charge in [-0.2, -0.15) is 0 Å². The van der Waals surface area contributed by atoms with E-state index in [2.05, 4.69) is 0 Å². The summed E-state index contributed by atoms with van der Waals surface area (Å²) in [5.41, 5.74) is 0. The first-order valence-electron chi connectivity index (χ1n) is 7.97. The minimum absolute atomic E-state index is 1.16. The van der Waals surface area contributed by atoms with E-state index in [9.17, 15) is 0 Å². The molecular weight excluding hydrogens is 192 g/mol. The van der Waals surface area contributed by atoms with Crippen molar-refractivity contribution in [2.45, 2.75) is 92.9 Å². The minimum Gasteiger partial charge on any atom is -0.0683 e. The highest BCUT2D eigenvalue weighted by Crippen LogP contribution is 2.39. The molecule has 0 aromatic rings. The van der Waals surface area contributed by atoms with Crippen LogP contribution in [0.3, 0.4) is 0 Å². The number of rotatable bonds is 0. The second-order valence-corrected chi connectivity index (χ2v) is 4.09. The molecule has 2 fully saturated rings. The molecule has 2 rings (SSSR count). The van der Waals surface area contributed by atoms with Crippen LogP contribution in [0.15, 0.2) is 0 Å². The van der Waals surface area contributed by atoms with Gasteiger partial charge in [-0.1, -0.05) is 92.9 Å². The van der Waals surface area contributed by atoms with Gasteiger partial charge in [-0.15, -0.1) is 0 Å². The van der Waals surface area contributed by atoms with E-state index in [0.717, 1.165) is 11.8 Å². The molecule has 0 nitrogen and oxygen atoms in total. The van der Waals surface area contributed by atoms with Crippen molar-refractivity contribution < 1.29 is 0 Å². The van der Waals surface area contributed by atoms with Crippen LogP contribution in [0, 0.1) is 11.8 Å². The van der Waals surface area contributed by atoms with E-state index in [1.165, 1.54) is 25.7 Å². The number of fused-ring (bicyclic) bond motifs is 1. The largest absolute Gasteiger partial charge is 0.0683 e. The molecule has 0 saturated heterocycles. The highest BCUT2D eigenvalue weighted by Gasteiger charge is 2.26. The van der Waals surface area contributed by atoms with E-state index in [0.29, 0.717) is 0 Å². The monoisotopic (exact) mass is 228 g/mol. The molecule has 16 heavy (non-hydrogen) atoms. The second-order valence-electron chi connectivity index (χ2n) is 4.09. The predicted octanol–water partition coefficient (Wildman–Crippen LogP) is 6.45. The molecule has 0 aliphatic heterocycles. The van der Waals surface area contributed by atoms with E-state index in [4.69, 9.17) is 0 Å². The van der Waals surface area contributed by atoms with Crippen molar-refractivity contribution in [1.82, 2.24) is 0 Å². The lowest BCUT2D eigenvalue weighted by Gasteiger charge is -2.35. The summed E-state index contributed by atoms with van der Waals surface area (Å²) in [6.45, 7) is 12.0. The Hall–Kier alpha value is 0. The van der Waals surface area contributed by atoms with E-state index >= 15 is 0 Å². The predicted molar refractivity (Wildman–Crippen MR) is 78.0 cm³/mol. The van der Waals surface area contributed by atoms with Crippen LogP contribution in [-0.4, -0.2) is 0 Å². The highest BCUT2D eigenvalue weighted by atomic mass is 14.3. The maximum atomic E-state index is 2.00. The Labute approximate surface area is 105 Å². The maximum Gasteiger partial charge on any atom is -0.0386 e. The smallest absolute Gasteiger partial charge is 0.0386 e. The van der Waals surface area contributed by atoms with Crippen molar-refractivity contribution in [3.63, 3.8) is 0 Å². The summed E-state index contributed by atoms with van der Waals surface area (Å²) in [7, 11) is 0. The molecule has 0 heterocycles. The van der Waals surface area contributed by atoms with Crippen molar-refractivity contribution in [1.29, 1.82) is 0 Å². The van der Waals surface area contributed by atoms with Gasteiger partial charge in [-0.25, -0.2) is 0 Å². The fourth-order valence-electron chi connectivity index (χ4n) is 2.86. The van der Waals surface area contributed by atoms with Crippen molar-refractivity contribution in [2.24, 2.45) is 11.8 Å². The Balaban J connectivity index is 0. The Bertz CT molecular complexity index is 80.6. The standard InChI is InChI=1S/C10H18.3C2H6/c1-2-6-10-8-4-3-7-9(10)5-1;3*1-2/h9-10H,1-8H2;3*1-2H3. The molecule has 2 aliphatic carbocycles. The molecule has 0 aromatic carbocycles. The van der Waals surface area contributed by atoms with Gasteiger partial charge in [0.15, 0.2) is 0 Å². The zero-order valence-corrected chi connectivity index (χ0v) is 12.8. The van der Waals surface area contributed by atoms with Gasteiger partial charge in [0, 0.05) is 0 Å². The highest BCUT2D eigenvalue weighted by molar-refractivity contribution is 4.78. The summed E-state index contributed by atoms with van der Waals surface area (Å²) >= 11 is 0. The fraction of sp³-hybridized carbons (Fsp3) is 1.00. The lowest BCUT2D eigenvalue weighted by molar-refractivity contribution is 0.171. The Morgan fingerprint density at radius 1 is 0.438 bits per heavy atom. The SMILES string of the molecule is C1CCC2CCCCC2C1.CC.CC.CC. The lowest BCUT2D eigenvalue weighted by Crippen LogP contribution is -2.22. The molecular formula is C16H36. The van der Waals surface area contributed by atoms with Crippen LogP contribution in [0.5, 0.6) is 0 Å². The second kappa shape index (κ2) is 15.0. The topological polar surface area (TPSA) is 0 Å². The van der Waals surface area contributed by atoms with E-state index < -0.39 is 0 Å². The van der Waals surface area contributed by atoms with Crippen LogP contribution in [0.25, 0.3) is 0 Å². The summed E-state index contributed by atoms with van der Waals surface area (Å²) in [6, 6.07) is 0. The van der Waals surface area contributed by atoms with Crippen LogP contribution < -0.4 is 0 Å². The Kier molecular flexibility index (Phi) is 17.2. The van der Waals surface area contributed by atoms with E-state index in [1.54, 1.807) is 25.7 Å². The van der Waals surface area contributed by atoms with Gasteiger partial charge in [0.1, 0.15) is 0 Å². The molecule has 0 spiro atoms. The Morgan fingerprint density at radius 3 is 0.812 bits per heavy atom. The first kappa shape index (κ1) is 18.4. The molecule has 2 aliphatic rings. The molecule has 0 radical (unpaired) electrons. The van der Waals surface area contributed by atoms with Gasteiger partial charge in [0.2, 0.25) is 0 Å². The lowest BCUT2D eigenvalue weighted by atomic mass is 9.71. The summed E-state index contributed by atoms with van der Waals surface area (Å²) in [4.78, 5) is 0.